The Bertz CT molecular complexity index is 1820. The van der Waals surface area contributed by atoms with Gasteiger partial charge in [-0.05, 0) is 125 Å². The molecular formula is C44H46N4O2. The van der Waals surface area contributed by atoms with Crippen LogP contribution in [0.2, 0.25) is 0 Å². The molecule has 0 saturated carbocycles. The van der Waals surface area contributed by atoms with E-state index in [9.17, 15) is 0 Å². The first-order valence-electron chi connectivity index (χ1n) is 17.2. The van der Waals surface area contributed by atoms with Crippen LogP contribution < -0.4 is 30.7 Å². The van der Waals surface area contributed by atoms with Crippen LogP contribution in [0.25, 0.3) is 0 Å². The molecule has 6 heteroatoms. The lowest BCUT2D eigenvalue weighted by Gasteiger charge is -2.17. The van der Waals surface area contributed by atoms with Gasteiger partial charge in [-0.1, -0.05) is 70.8 Å². The monoisotopic (exact) mass is 662 g/mol. The molecule has 50 heavy (non-hydrogen) atoms. The first kappa shape index (κ1) is 34.0. The van der Waals surface area contributed by atoms with E-state index in [1.54, 1.807) is 0 Å². The molecule has 0 aromatic heterocycles. The predicted molar refractivity (Wildman–Crippen MR) is 211 cm³/mol. The average molecular weight is 663 g/mol. The fourth-order valence-electron chi connectivity index (χ4n) is 5.42. The van der Waals surface area contributed by atoms with E-state index in [1.165, 1.54) is 22.3 Å². The van der Waals surface area contributed by atoms with Gasteiger partial charge in [-0.3, -0.25) is 0 Å². The molecule has 0 amide bonds. The fourth-order valence-corrected chi connectivity index (χ4v) is 5.42. The van der Waals surface area contributed by atoms with E-state index in [1.807, 2.05) is 12.1 Å². The van der Waals surface area contributed by atoms with Crippen molar-refractivity contribution in [3.05, 3.63) is 156 Å². The van der Waals surface area contributed by atoms with Crippen LogP contribution in [0.5, 0.6) is 11.5 Å². The zero-order chi connectivity index (χ0) is 34.7. The third-order valence-electron chi connectivity index (χ3n) is 8.35. The average Bonchev–Trinajstić information content (AvgIpc) is 3.12. The van der Waals surface area contributed by atoms with Gasteiger partial charge in [-0.25, -0.2) is 0 Å². The Hall–Kier alpha value is -5.88. The third-order valence-corrected chi connectivity index (χ3v) is 8.35. The highest BCUT2D eigenvalue weighted by atomic mass is 16.5. The van der Waals surface area contributed by atoms with E-state index < -0.39 is 0 Å². The minimum Gasteiger partial charge on any atom is -0.491 e. The lowest BCUT2D eigenvalue weighted by Crippen LogP contribution is -2.05. The number of unbranched alkanes of at least 4 members (excludes halogenated alkanes) is 1. The van der Waals surface area contributed by atoms with Gasteiger partial charge in [-0.2, -0.15) is 0 Å². The van der Waals surface area contributed by atoms with Crippen LogP contribution in [-0.4, -0.2) is 13.2 Å². The van der Waals surface area contributed by atoms with Crippen molar-refractivity contribution in [1.29, 1.82) is 0 Å². The summed E-state index contributed by atoms with van der Waals surface area (Å²) < 4.78 is 12.7. The molecule has 0 spiro atoms. The molecule has 0 heterocycles. The molecule has 0 atom stereocenters. The Morgan fingerprint density at radius 3 is 0.940 bits per heavy atom. The Labute approximate surface area is 296 Å². The Morgan fingerprint density at radius 1 is 0.340 bits per heavy atom. The van der Waals surface area contributed by atoms with Crippen LogP contribution in [0.3, 0.4) is 0 Å². The van der Waals surface area contributed by atoms with Crippen LogP contribution >= 0.6 is 0 Å². The quantitative estimate of drug-likeness (QED) is 0.0821. The number of hydrogen-bond acceptors (Lipinski definition) is 6. The fraction of sp³-hybridized carbons (Fsp3) is 0.182. The van der Waals surface area contributed by atoms with Crippen LogP contribution in [0.4, 0.5) is 45.5 Å². The largest absolute Gasteiger partial charge is 0.491 e. The highest BCUT2D eigenvalue weighted by Crippen LogP contribution is 2.34. The number of nitrogens with one attached hydrogen (secondary N) is 4. The van der Waals surface area contributed by atoms with Crippen molar-refractivity contribution in [3.63, 3.8) is 0 Å². The number of rotatable bonds is 15. The van der Waals surface area contributed by atoms with E-state index in [2.05, 4.69) is 170 Å². The zero-order valence-electron chi connectivity index (χ0n) is 29.3. The molecule has 6 rings (SSSR count). The predicted octanol–water partition coefficient (Wildman–Crippen LogP) is 12.1. The second kappa shape index (κ2) is 16.5. The molecule has 0 unspecified atom stereocenters. The molecule has 6 aromatic rings. The number of aryl methyl sites for hydroxylation is 4. The van der Waals surface area contributed by atoms with Crippen LogP contribution in [0.1, 0.15) is 35.1 Å². The van der Waals surface area contributed by atoms with Crippen molar-refractivity contribution in [3.8, 4) is 11.5 Å². The van der Waals surface area contributed by atoms with E-state index in [0.29, 0.717) is 13.2 Å². The maximum atomic E-state index is 6.33. The molecular weight excluding hydrogens is 617 g/mol. The zero-order valence-corrected chi connectivity index (χ0v) is 29.3. The molecule has 6 nitrogen and oxygen atoms in total. The van der Waals surface area contributed by atoms with Crippen molar-refractivity contribution in [2.24, 2.45) is 0 Å². The van der Waals surface area contributed by atoms with Gasteiger partial charge in [0.25, 0.3) is 0 Å². The number of benzene rings is 6. The van der Waals surface area contributed by atoms with Gasteiger partial charge in [0.05, 0.1) is 24.6 Å². The maximum absolute atomic E-state index is 6.33. The molecule has 0 aliphatic carbocycles. The normalized spacial score (nSPS) is 10.7. The Kier molecular flexibility index (Phi) is 11.2. The van der Waals surface area contributed by atoms with Gasteiger partial charge in [0.2, 0.25) is 0 Å². The summed E-state index contributed by atoms with van der Waals surface area (Å²) in [4.78, 5) is 0. The van der Waals surface area contributed by atoms with E-state index in [-0.39, 0.29) is 0 Å². The van der Waals surface area contributed by atoms with Crippen molar-refractivity contribution in [2.75, 3.05) is 34.5 Å². The molecule has 0 aliphatic rings. The van der Waals surface area contributed by atoms with Crippen molar-refractivity contribution in [2.45, 2.75) is 40.5 Å². The lowest BCUT2D eigenvalue weighted by molar-refractivity contribution is 0.268. The third kappa shape index (κ3) is 9.83. The summed E-state index contributed by atoms with van der Waals surface area (Å²) in [6.07, 6.45) is 1.70. The first-order valence-corrected chi connectivity index (χ1v) is 17.2. The molecule has 0 aliphatic heterocycles. The smallest absolute Gasteiger partial charge is 0.142 e. The number of ether oxygens (including phenoxy) is 2. The SMILES string of the molecule is Cc1ccc(Nc2ccc(OCCCCOc3ccc(Nc4ccc(C)cc4)cc3Nc3ccc(C)cc3)c(Nc3ccc(C)cc3)c2)cc1. The van der Waals surface area contributed by atoms with Crippen molar-refractivity contribution < 1.29 is 9.47 Å². The first-order chi connectivity index (χ1) is 24.4. The highest BCUT2D eigenvalue weighted by Gasteiger charge is 2.10. The van der Waals surface area contributed by atoms with E-state index in [4.69, 9.17) is 9.47 Å². The summed E-state index contributed by atoms with van der Waals surface area (Å²) in [5.74, 6) is 1.62. The minimum absolute atomic E-state index is 0.574. The number of hydrogen-bond donors (Lipinski definition) is 4. The van der Waals surface area contributed by atoms with Crippen LogP contribution in [-0.2, 0) is 0 Å². The summed E-state index contributed by atoms with van der Waals surface area (Å²) in [5.41, 5.74) is 12.8. The molecule has 0 radical (unpaired) electrons. The van der Waals surface area contributed by atoms with E-state index in [0.717, 1.165) is 69.8 Å². The van der Waals surface area contributed by atoms with E-state index >= 15 is 0 Å². The summed E-state index contributed by atoms with van der Waals surface area (Å²) in [6, 6.07) is 45.9. The minimum atomic E-state index is 0.574. The van der Waals surface area contributed by atoms with Crippen molar-refractivity contribution in [1.82, 2.24) is 0 Å². The standard InChI is InChI=1S/C44H46N4O2/c1-31-7-15-35(16-8-31)45-39-23-25-43(41(29-39)47-37-19-11-33(3)12-20-37)49-27-5-6-28-50-44-26-24-40(46-36-17-9-32(2)10-18-36)30-42(44)48-38-21-13-34(4)14-22-38/h7-26,29-30,45-48H,5-6,27-28H2,1-4H3. The van der Waals surface area contributed by atoms with Gasteiger partial charge in [-0.15, -0.1) is 0 Å². The van der Waals surface area contributed by atoms with Crippen LogP contribution in [0.15, 0.2) is 133 Å². The summed E-state index contributed by atoms with van der Waals surface area (Å²) in [6.45, 7) is 9.52. The molecule has 6 aromatic carbocycles. The summed E-state index contributed by atoms with van der Waals surface area (Å²) in [5, 5.41) is 14.1. The summed E-state index contributed by atoms with van der Waals surface area (Å²) >= 11 is 0. The Balaban J connectivity index is 1.08. The molecule has 0 bridgehead atoms. The maximum Gasteiger partial charge on any atom is 0.142 e. The Morgan fingerprint density at radius 2 is 0.620 bits per heavy atom. The lowest BCUT2D eigenvalue weighted by atomic mass is 10.2. The summed E-state index contributed by atoms with van der Waals surface area (Å²) in [7, 11) is 0. The van der Waals surface area contributed by atoms with Gasteiger partial charge >= 0.3 is 0 Å². The van der Waals surface area contributed by atoms with Gasteiger partial charge < -0.3 is 30.7 Å². The van der Waals surface area contributed by atoms with Gasteiger partial charge in [0.15, 0.2) is 0 Å². The second-order valence-electron chi connectivity index (χ2n) is 12.8. The molecule has 0 saturated heterocycles. The van der Waals surface area contributed by atoms with Gasteiger partial charge in [0.1, 0.15) is 11.5 Å². The molecule has 0 fully saturated rings. The number of anilines is 8. The topological polar surface area (TPSA) is 66.6 Å². The second-order valence-corrected chi connectivity index (χ2v) is 12.8. The molecule has 254 valence electrons. The van der Waals surface area contributed by atoms with Gasteiger partial charge in [0, 0.05) is 34.1 Å². The highest BCUT2D eigenvalue weighted by molar-refractivity contribution is 5.75. The van der Waals surface area contributed by atoms with Crippen molar-refractivity contribution >= 4 is 45.5 Å². The van der Waals surface area contributed by atoms with Crippen LogP contribution in [0, 0.1) is 27.7 Å². The molecule has 4 N–H and O–H groups in total.